The molecule has 0 saturated carbocycles. The normalized spacial score (nSPS) is 19.1. The smallest absolute Gasteiger partial charge is 0.0650 e. The molecule has 1 aliphatic rings. The molecule has 2 nitrogen and oxygen atoms in total. The van der Waals surface area contributed by atoms with Crippen molar-refractivity contribution in [2.75, 3.05) is 26.3 Å². The van der Waals surface area contributed by atoms with Crippen molar-refractivity contribution in [1.29, 1.82) is 0 Å². The lowest BCUT2D eigenvalue weighted by molar-refractivity contribution is 0.153. The van der Waals surface area contributed by atoms with Gasteiger partial charge in [0, 0.05) is 0 Å². The summed E-state index contributed by atoms with van der Waals surface area (Å²) in [4.78, 5) is 0. The zero-order valence-corrected chi connectivity index (χ0v) is 9.51. The molecule has 1 unspecified atom stereocenters. The van der Waals surface area contributed by atoms with E-state index in [0.29, 0.717) is 0 Å². The van der Waals surface area contributed by atoms with Gasteiger partial charge in [-0.2, -0.15) is 0 Å². The van der Waals surface area contributed by atoms with Crippen LogP contribution in [0.4, 0.5) is 0 Å². The zero-order chi connectivity index (χ0) is 10.2. The SMILES string of the molecule is CCC(C)CNCCC1=CCOCC1. The average Bonchev–Trinajstić information content (AvgIpc) is 2.25. The molecule has 0 aliphatic carbocycles. The lowest BCUT2D eigenvalue weighted by Crippen LogP contribution is -2.22. The van der Waals surface area contributed by atoms with Crippen molar-refractivity contribution in [3.8, 4) is 0 Å². The van der Waals surface area contributed by atoms with Crippen LogP contribution >= 0.6 is 0 Å². The molecule has 0 spiro atoms. The van der Waals surface area contributed by atoms with Crippen molar-refractivity contribution >= 4 is 0 Å². The first kappa shape index (κ1) is 11.7. The van der Waals surface area contributed by atoms with Crippen LogP contribution in [0.1, 0.15) is 33.1 Å². The molecule has 1 aliphatic heterocycles. The largest absolute Gasteiger partial charge is 0.377 e. The first-order valence-electron chi connectivity index (χ1n) is 5.79. The number of rotatable bonds is 6. The van der Waals surface area contributed by atoms with Crippen LogP contribution in [0.2, 0.25) is 0 Å². The standard InChI is InChI=1S/C12H23NO/c1-3-11(2)10-13-7-4-12-5-8-14-9-6-12/h5,11,13H,3-4,6-10H2,1-2H3. The van der Waals surface area contributed by atoms with Crippen molar-refractivity contribution in [2.45, 2.75) is 33.1 Å². The van der Waals surface area contributed by atoms with Gasteiger partial charge in [0.15, 0.2) is 0 Å². The predicted octanol–water partition coefficient (Wildman–Crippen LogP) is 2.36. The van der Waals surface area contributed by atoms with Crippen molar-refractivity contribution in [1.82, 2.24) is 5.32 Å². The fraction of sp³-hybridized carbons (Fsp3) is 0.833. The van der Waals surface area contributed by atoms with E-state index < -0.39 is 0 Å². The first-order valence-corrected chi connectivity index (χ1v) is 5.79. The second-order valence-corrected chi connectivity index (χ2v) is 4.15. The minimum absolute atomic E-state index is 0.804. The van der Waals surface area contributed by atoms with Gasteiger partial charge in [-0.3, -0.25) is 0 Å². The van der Waals surface area contributed by atoms with Crippen LogP contribution in [0.3, 0.4) is 0 Å². The van der Waals surface area contributed by atoms with Gasteiger partial charge < -0.3 is 10.1 Å². The third kappa shape index (κ3) is 4.77. The quantitative estimate of drug-likeness (QED) is 0.521. The molecular formula is C12H23NO. The van der Waals surface area contributed by atoms with Gasteiger partial charge in [-0.25, -0.2) is 0 Å². The van der Waals surface area contributed by atoms with Gasteiger partial charge in [0.2, 0.25) is 0 Å². The molecule has 0 fully saturated rings. The van der Waals surface area contributed by atoms with E-state index in [9.17, 15) is 0 Å². The lowest BCUT2D eigenvalue weighted by atomic mass is 10.1. The summed E-state index contributed by atoms with van der Waals surface area (Å²) in [5, 5.41) is 3.50. The highest BCUT2D eigenvalue weighted by Crippen LogP contribution is 2.10. The van der Waals surface area contributed by atoms with Crippen LogP contribution in [0.25, 0.3) is 0 Å². The predicted molar refractivity (Wildman–Crippen MR) is 60.5 cm³/mol. The fourth-order valence-corrected chi connectivity index (χ4v) is 1.53. The molecule has 1 atom stereocenters. The number of ether oxygens (including phenoxy) is 1. The Morgan fingerprint density at radius 1 is 1.57 bits per heavy atom. The Morgan fingerprint density at radius 2 is 2.43 bits per heavy atom. The van der Waals surface area contributed by atoms with Crippen LogP contribution in [-0.4, -0.2) is 26.3 Å². The van der Waals surface area contributed by atoms with E-state index >= 15 is 0 Å². The topological polar surface area (TPSA) is 21.3 Å². The van der Waals surface area contributed by atoms with Gasteiger partial charge in [-0.1, -0.05) is 31.9 Å². The summed E-state index contributed by atoms with van der Waals surface area (Å²) in [5.74, 6) is 0.804. The zero-order valence-electron chi connectivity index (χ0n) is 9.51. The monoisotopic (exact) mass is 197 g/mol. The Balaban J connectivity index is 2.00. The van der Waals surface area contributed by atoms with Crippen LogP contribution in [0.15, 0.2) is 11.6 Å². The van der Waals surface area contributed by atoms with Crippen LogP contribution < -0.4 is 5.32 Å². The maximum atomic E-state index is 5.26. The van der Waals surface area contributed by atoms with Crippen molar-refractivity contribution < 1.29 is 4.74 Å². The van der Waals surface area contributed by atoms with E-state index in [1.807, 2.05) is 0 Å². The summed E-state index contributed by atoms with van der Waals surface area (Å²) in [7, 11) is 0. The molecule has 1 heterocycles. The van der Waals surface area contributed by atoms with Crippen molar-refractivity contribution in [2.24, 2.45) is 5.92 Å². The van der Waals surface area contributed by atoms with E-state index in [4.69, 9.17) is 4.74 Å². The molecule has 0 bridgehead atoms. The van der Waals surface area contributed by atoms with Gasteiger partial charge in [0.25, 0.3) is 0 Å². The van der Waals surface area contributed by atoms with Crippen molar-refractivity contribution in [3.05, 3.63) is 11.6 Å². The summed E-state index contributed by atoms with van der Waals surface area (Å²) in [6.07, 6.45) is 5.82. The minimum Gasteiger partial charge on any atom is -0.377 e. The Hall–Kier alpha value is -0.340. The average molecular weight is 197 g/mol. The Labute approximate surface area is 87.7 Å². The molecule has 0 amide bonds. The van der Waals surface area contributed by atoms with Gasteiger partial charge in [0.1, 0.15) is 0 Å². The molecule has 0 saturated heterocycles. The molecule has 0 aromatic carbocycles. The number of hydrogen-bond donors (Lipinski definition) is 1. The molecule has 14 heavy (non-hydrogen) atoms. The summed E-state index contributed by atoms with van der Waals surface area (Å²) >= 11 is 0. The second-order valence-electron chi connectivity index (χ2n) is 4.15. The Morgan fingerprint density at radius 3 is 3.07 bits per heavy atom. The minimum atomic E-state index is 0.804. The highest BCUT2D eigenvalue weighted by molar-refractivity contribution is 5.04. The fourth-order valence-electron chi connectivity index (χ4n) is 1.53. The first-order chi connectivity index (χ1) is 6.83. The van der Waals surface area contributed by atoms with Gasteiger partial charge in [0.05, 0.1) is 13.2 Å². The number of nitrogens with one attached hydrogen (secondary N) is 1. The summed E-state index contributed by atoms with van der Waals surface area (Å²) in [5.41, 5.74) is 1.56. The van der Waals surface area contributed by atoms with Crippen LogP contribution in [-0.2, 0) is 4.74 Å². The highest BCUT2D eigenvalue weighted by Gasteiger charge is 2.03. The molecule has 0 aromatic heterocycles. The van der Waals surface area contributed by atoms with Gasteiger partial charge in [-0.15, -0.1) is 0 Å². The lowest BCUT2D eigenvalue weighted by Gasteiger charge is -2.14. The highest BCUT2D eigenvalue weighted by atomic mass is 16.5. The molecular weight excluding hydrogens is 174 g/mol. The van der Waals surface area contributed by atoms with Crippen LogP contribution in [0, 0.1) is 5.92 Å². The maximum Gasteiger partial charge on any atom is 0.0650 e. The van der Waals surface area contributed by atoms with E-state index in [-0.39, 0.29) is 0 Å². The molecule has 82 valence electrons. The van der Waals surface area contributed by atoms with E-state index in [1.54, 1.807) is 5.57 Å². The Kier molecular flexibility index (Phi) is 5.88. The molecule has 0 radical (unpaired) electrons. The van der Waals surface area contributed by atoms with E-state index in [1.165, 1.54) is 12.8 Å². The third-order valence-electron chi connectivity index (χ3n) is 2.87. The summed E-state index contributed by atoms with van der Waals surface area (Å²) in [6, 6.07) is 0. The van der Waals surface area contributed by atoms with Crippen molar-refractivity contribution in [3.63, 3.8) is 0 Å². The van der Waals surface area contributed by atoms with E-state index in [2.05, 4.69) is 25.2 Å². The summed E-state index contributed by atoms with van der Waals surface area (Å²) < 4.78 is 5.26. The molecule has 2 heteroatoms. The third-order valence-corrected chi connectivity index (χ3v) is 2.87. The van der Waals surface area contributed by atoms with Gasteiger partial charge in [-0.05, 0) is 31.8 Å². The molecule has 1 rings (SSSR count). The Bertz CT molecular complexity index is 177. The van der Waals surface area contributed by atoms with Gasteiger partial charge >= 0.3 is 0 Å². The molecule has 0 aromatic rings. The summed E-state index contributed by atoms with van der Waals surface area (Å²) in [6.45, 7) is 8.54. The van der Waals surface area contributed by atoms with Crippen LogP contribution in [0.5, 0.6) is 0 Å². The maximum absolute atomic E-state index is 5.26. The molecule has 1 N–H and O–H groups in total. The number of hydrogen-bond acceptors (Lipinski definition) is 2. The van der Waals surface area contributed by atoms with E-state index in [0.717, 1.165) is 38.6 Å². The second kappa shape index (κ2) is 7.02.